The van der Waals surface area contributed by atoms with Crippen LogP contribution in [0.4, 0.5) is 0 Å². The summed E-state index contributed by atoms with van der Waals surface area (Å²) in [6.45, 7) is 3.85. The molecule has 0 unspecified atom stereocenters. The number of carbonyl (C=O) groups excluding carboxylic acids is 2. The Morgan fingerprint density at radius 3 is 2.47 bits per heavy atom. The van der Waals surface area contributed by atoms with E-state index in [2.05, 4.69) is 0 Å². The lowest BCUT2D eigenvalue weighted by molar-refractivity contribution is -0.129. The first kappa shape index (κ1) is 13.3. The molecule has 1 aliphatic heterocycles. The van der Waals surface area contributed by atoms with Gasteiger partial charge in [0.25, 0.3) is 5.91 Å². The van der Waals surface area contributed by atoms with Gasteiger partial charge in [0, 0.05) is 6.54 Å². The van der Waals surface area contributed by atoms with E-state index in [1.54, 1.807) is 4.90 Å². The van der Waals surface area contributed by atoms with Gasteiger partial charge in [0.15, 0.2) is 11.5 Å². The standard InChI is InChI=1S/C15H17NO3/c1-3-9-16-13(11-7-5-4-6-8-11)12(10(2)17)14(18)15(16)19/h4-8,13,18H,3,9H2,1-2H3/t13-/m1/s1. The Morgan fingerprint density at radius 1 is 1.32 bits per heavy atom. The van der Waals surface area contributed by atoms with Crippen LogP contribution in [0.5, 0.6) is 0 Å². The summed E-state index contributed by atoms with van der Waals surface area (Å²) in [5, 5.41) is 9.92. The number of Topliss-reactive ketones (excluding diaryl/α,β-unsaturated/α-hetero) is 1. The summed E-state index contributed by atoms with van der Waals surface area (Å²) >= 11 is 0. The topological polar surface area (TPSA) is 57.6 Å². The molecule has 1 atom stereocenters. The van der Waals surface area contributed by atoms with Crippen LogP contribution in [0.3, 0.4) is 0 Å². The number of ketones is 1. The number of aliphatic hydroxyl groups is 1. The lowest BCUT2D eigenvalue weighted by Crippen LogP contribution is -2.31. The highest BCUT2D eigenvalue weighted by atomic mass is 16.3. The Morgan fingerprint density at radius 2 is 1.95 bits per heavy atom. The Kier molecular flexibility index (Phi) is 3.69. The lowest BCUT2D eigenvalue weighted by atomic mass is 9.97. The van der Waals surface area contributed by atoms with Gasteiger partial charge in [-0.1, -0.05) is 37.3 Å². The summed E-state index contributed by atoms with van der Waals surface area (Å²) in [5.74, 6) is -1.13. The maximum atomic E-state index is 12.1. The van der Waals surface area contributed by atoms with Gasteiger partial charge in [-0.25, -0.2) is 0 Å². The summed E-state index contributed by atoms with van der Waals surface area (Å²) in [6.07, 6.45) is 0.771. The zero-order valence-corrected chi connectivity index (χ0v) is 11.1. The maximum absolute atomic E-state index is 12.1. The number of aliphatic hydroxyl groups excluding tert-OH is 1. The van der Waals surface area contributed by atoms with Crippen molar-refractivity contribution in [1.29, 1.82) is 0 Å². The van der Waals surface area contributed by atoms with E-state index >= 15 is 0 Å². The Hall–Kier alpha value is -2.10. The number of hydrogen-bond donors (Lipinski definition) is 1. The van der Waals surface area contributed by atoms with Crippen LogP contribution in [0.15, 0.2) is 41.7 Å². The van der Waals surface area contributed by atoms with E-state index in [1.807, 2.05) is 37.3 Å². The van der Waals surface area contributed by atoms with E-state index in [9.17, 15) is 14.7 Å². The molecular weight excluding hydrogens is 242 g/mol. The lowest BCUT2D eigenvalue weighted by Gasteiger charge is -2.26. The number of rotatable bonds is 4. The van der Waals surface area contributed by atoms with Crippen LogP contribution in [-0.2, 0) is 9.59 Å². The van der Waals surface area contributed by atoms with E-state index in [1.165, 1.54) is 6.92 Å². The fourth-order valence-corrected chi connectivity index (χ4v) is 2.47. The van der Waals surface area contributed by atoms with Crippen molar-refractivity contribution < 1.29 is 14.7 Å². The van der Waals surface area contributed by atoms with Gasteiger partial charge in [0.05, 0.1) is 11.6 Å². The second kappa shape index (κ2) is 5.26. The van der Waals surface area contributed by atoms with E-state index in [0.29, 0.717) is 6.54 Å². The van der Waals surface area contributed by atoms with E-state index in [0.717, 1.165) is 12.0 Å². The molecule has 0 saturated heterocycles. The molecule has 0 bridgehead atoms. The van der Waals surface area contributed by atoms with Crippen LogP contribution in [-0.4, -0.2) is 28.2 Å². The van der Waals surface area contributed by atoms with Crippen LogP contribution < -0.4 is 0 Å². The van der Waals surface area contributed by atoms with Gasteiger partial charge in [-0.2, -0.15) is 0 Å². The predicted octanol–water partition coefficient (Wildman–Crippen LogP) is 2.38. The molecule has 1 N–H and O–H groups in total. The Balaban J connectivity index is 2.51. The van der Waals surface area contributed by atoms with Crippen molar-refractivity contribution in [3.63, 3.8) is 0 Å². The SMILES string of the molecule is CCCN1C(=O)C(O)=C(C(C)=O)[C@H]1c1ccccc1. The molecular formula is C15H17NO3. The third-order valence-corrected chi connectivity index (χ3v) is 3.26. The molecule has 19 heavy (non-hydrogen) atoms. The first-order chi connectivity index (χ1) is 9.07. The second-order valence-corrected chi connectivity index (χ2v) is 4.63. The highest BCUT2D eigenvalue weighted by molar-refractivity contribution is 6.08. The van der Waals surface area contributed by atoms with Gasteiger partial charge in [0.2, 0.25) is 0 Å². The summed E-state index contributed by atoms with van der Waals surface area (Å²) in [4.78, 5) is 25.4. The normalized spacial score (nSPS) is 19.2. The molecule has 0 fully saturated rings. The second-order valence-electron chi connectivity index (χ2n) is 4.63. The molecule has 1 aliphatic rings. The third-order valence-electron chi connectivity index (χ3n) is 3.26. The van der Waals surface area contributed by atoms with Gasteiger partial charge in [0.1, 0.15) is 0 Å². The van der Waals surface area contributed by atoms with Gasteiger partial charge in [-0.15, -0.1) is 0 Å². The van der Waals surface area contributed by atoms with Crippen molar-refractivity contribution >= 4 is 11.7 Å². The van der Waals surface area contributed by atoms with Crippen LogP contribution in [0.2, 0.25) is 0 Å². The Labute approximate surface area is 112 Å². The molecule has 1 aromatic carbocycles. The van der Waals surface area contributed by atoms with Crippen LogP contribution in [0.25, 0.3) is 0 Å². The van der Waals surface area contributed by atoms with Crippen LogP contribution in [0, 0.1) is 0 Å². The monoisotopic (exact) mass is 259 g/mol. The van der Waals surface area contributed by atoms with Crippen molar-refractivity contribution in [3.05, 3.63) is 47.2 Å². The summed E-state index contributed by atoms with van der Waals surface area (Å²) in [7, 11) is 0. The zero-order chi connectivity index (χ0) is 14.0. The number of hydrogen-bond acceptors (Lipinski definition) is 3. The molecule has 0 spiro atoms. The summed E-state index contributed by atoms with van der Waals surface area (Å²) in [5.41, 5.74) is 1.04. The van der Waals surface area contributed by atoms with Crippen molar-refractivity contribution in [1.82, 2.24) is 4.90 Å². The van der Waals surface area contributed by atoms with Crippen molar-refractivity contribution in [3.8, 4) is 0 Å². The number of nitrogens with zero attached hydrogens (tertiary/aromatic N) is 1. The fourth-order valence-electron chi connectivity index (χ4n) is 2.47. The molecule has 100 valence electrons. The quantitative estimate of drug-likeness (QED) is 0.903. The first-order valence-corrected chi connectivity index (χ1v) is 6.38. The van der Waals surface area contributed by atoms with E-state index in [4.69, 9.17) is 0 Å². The Bertz CT molecular complexity index is 534. The third kappa shape index (κ3) is 2.26. The minimum Gasteiger partial charge on any atom is -0.503 e. The molecule has 4 heteroatoms. The van der Waals surface area contributed by atoms with Crippen molar-refractivity contribution in [2.24, 2.45) is 0 Å². The highest BCUT2D eigenvalue weighted by Crippen LogP contribution is 2.37. The summed E-state index contributed by atoms with van der Waals surface area (Å²) < 4.78 is 0. The van der Waals surface area contributed by atoms with Gasteiger partial charge in [-0.3, -0.25) is 9.59 Å². The van der Waals surface area contributed by atoms with E-state index < -0.39 is 17.7 Å². The van der Waals surface area contributed by atoms with Gasteiger partial charge < -0.3 is 10.0 Å². The zero-order valence-electron chi connectivity index (χ0n) is 11.1. The summed E-state index contributed by atoms with van der Waals surface area (Å²) in [6, 6.07) is 8.85. The van der Waals surface area contributed by atoms with Crippen LogP contribution in [0.1, 0.15) is 31.9 Å². The molecule has 1 amide bonds. The highest BCUT2D eigenvalue weighted by Gasteiger charge is 2.41. The maximum Gasteiger partial charge on any atom is 0.290 e. The predicted molar refractivity (Wildman–Crippen MR) is 71.5 cm³/mol. The molecule has 0 aliphatic carbocycles. The molecule has 0 radical (unpaired) electrons. The van der Waals surface area contributed by atoms with Crippen LogP contribution >= 0.6 is 0 Å². The molecule has 1 heterocycles. The average molecular weight is 259 g/mol. The minimum absolute atomic E-state index is 0.199. The minimum atomic E-state index is -0.467. The average Bonchev–Trinajstić information content (AvgIpc) is 2.65. The van der Waals surface area contributed by atoms with E-state index in [-0.39, 0.29) is 11.4 Å². The number of amides is 1. The fraction of sp³-hybridized carbons (Fsp3) is 0.333. The van der Waals surface area contributed by atoms with Gasteiger partial charge in [-0.05, 0) is 18.9 Å². The molecule has 0 aromatic heterocycles. The van der Waals surface area contributed by atoms with Crippen molar-refractivity contribution in [2.45, 2.75) is 26.3 Å². The molecule has 1 aromatic rings. The first-order valence-electron chi connectivity index (χ1n) is 6.38. The largest absolute Gasteiger partial charge is 0.503 e. The van der Waals surface area contributed by atoms with Gasteiger partial charge >= 0.3 is 0 Å². The number of benzene rings is 1. The van der Waals surface area contributed by atoms with Crippen molar-refractivity contribution in [2.75, 3.05) is 6.54 Å². The molecule has 0 saturated carbocycles. The molecule has 2 rings (SSSR count). The smallest absolute Gasteiger partial charge is 0.290 e. The number of carbonyl (C=O) groups is 2. The molecule has 4 nitrogen and oxygen atoms in total.